The maximum atomic E-state index is 5.46. The van der Waals surface area contributed by atoms with Crippen LogP contribution in [0.2, 0.25) is 0 Å². The predicted octanol–water partition coefficient (Wildman–Crippen LogP) is 4.36. The Kier molecular flexibility index (Phi) is 6.84. The Hall–Kier alpha value is -0.740. The molecule has 116 valence electrons. The largest absolute Gasteiger partial charge is 0.366 e. The fourth-order valence-electron chi connectivity index (χ4n) is 2.82. The van der Waals surface area contributed by atoms with E-state index in [1.54, 1.807) is 0 Å². The Balaban J connectivity index is 2.09. The van der Waals surface area contributed by atoms with Crippen molar-refractivity contribution in [1.82, 2.24) is 10.2 Å². The number of thioether (sulfide) groups is 1. The lowest BCUT2D eigenvalue weighted by Gasteiger charge is -2.27. The van der Waals surface area contributed by atoms with E-state index in [4.69, 9.17) is 12.2 Å². The van der Waals surface area contributed by atoms with Crippen molar-refractivity contribution >= 4 is 29.1 Å². The molecule has 0 spiro atoms. The van der Waals surface area contributed by atoms with E-state index < -0.39 is 0 Å². The van der Waals surface area contributed by atoms with Crippen molar-refractivity contribution in [1.29, 1.82) is 0 Å². The number of nitrogens with zero attached hydrogens (tertiary/aromatic N) is 1. The number of benzene rings is 1. The first-order valence-corrected chi connectivity index (χ1v) is 9.41. The number of nitrogens with one attached hydrogen (secondary N) is 1. The average molecular weight is 323 g/mol. The van der Waals surface area contributed by atoms with Crippen LogP contribution in [0.4, 0.5) is 0 Å². The Bertz CT molecular complexity index is 462. The van der Waals surface area contributed by atoms with Gasteiger partial charge in [0.1, 0.15) is 5.37 Å². The number of rotatable bonds is 6. The van der Waals surface area contributed by atoms with Crippen LogP contribution in [0.15, 0.2) is 24.3 Å². The van der Waals surface area contributed by atoms with Crippen LogP contribution in [0.3, 0.4) is 0 Å². The highest BCUT2D eigenvalue weighted by atomic mass is 32.2. The lowest BCUT2D eigenvalue weighted by atomic mass is 10.0. The van der Waals surface area contributed by atoms with E-state index >= 15 is 0 Å². The molecule has 21 heavy (non-hydrogen) atoms. The molecule has 0 aromatic heterocycles. The molecule has 1 aliphatic rings. The Morgan fingerprint density at radius 1 is 1.33 bits per heavy atom. The van der Waals surface area contributed by atoms with Crippen LogP contribution in [-0.4, -0.2) is 29.4 Å². The third-order valence-corrected chi connectivity index (χ3v) is 5.67. The highest BCUT2D eigenvalue weighted by Gasteiger charge is 2.29. The minimum Gasteiger partial charge on any atom is -0.366 e. The number of hydrogen-bond acceptors (Lipinski definition) is 2. The van der Waals surface area contributed by atoms with Gasteiger partial charge < -0.3 is 10.2 Å². The van der Waals surface area contributed by atoms with Crippen molar-refractivity contribution < 1.29 is 0 Å². The second kappa shape index (κ2) is 8.64. The summed E-state index contributed by atoms with van der Waals surface area (Å²) in [4.78, 5) is 2.32. The van der Waals surface area contributed by atoms with Crippen LogP contribution in [0.5, 0.6) is 0 Å². The van der Waals surface area contributed by atoms with E-state index in [-0.39, 0.29) is 0 Å². The third kappa shape index (κ3) is 4.36. The minimum absolute atomic E-state index is 0.382. The third-order valence-electron chi connectivity index (χ3n) is 3.99. The van der Waals surface area contributed by atoms with Crippen LogP contribution in [0.25, 0.3) is 0 Å². The van der Waals surface area contributed by atoms with Gasteiger partial charge in [0.15, 0.2) is 5.11 Å². The molecule has 0 aliphatic carbocycles. The summed E-state index contributed by atoms with van der Waals surface area (Å²) in [7, 11) is 1.92. The maximum Gasteiger partial charge on any atom is 0.169 e. The normalized spacial score (nSPS) is 18.0. The quantitative estimate of drug-likeness (QED) is 0.618. The summed E-state index contributed by atoms with van der Waals surface area (Å²) < 4.78 is 0. The first-order valence-electron chi connectivity index (χ1n) is 7.95. The van der Waals surface area contributed by atoms with Gasteiger partial charge in [-0.1, -0.05) is 50.5 Å². The molecule has 0 bridgehead atoms. The monoisotopic (exact) mass is 322 g/mol. The topological polar surface area (TPSA) is 15.3 Å². The van der Waals surface area contributed by atoms with Crippen LogP contribution in [0.1, 0.15) is 49.1 Å². The van der Waals surface area contributed by atoms with E-state index in [2.05, 4.69) is 41.4 Å². The van der Waals surface area contributed by atoms with Gasteiger partial charge in [-0.25, -0.2) is 0 Å². The molecule has 1 heterocycles. The average Bonchev–Trinajstić information content (AvgIpc) is 3.00. The fraction of sp³-hybridized carbons (Fsp3) is 0.588. The van der Waals surface area contributed by atoms with Crippen molar-refractivity contribution in [2.24, 2.45) is 0 Å². The first-order chi connectivity index (χ1) is 10.3. The Morgan fingerprint density at radius 2 is 2.14 bits per heavy atom. The molecule has 4 heteroatoms. The molecule has 1 aliphatic heterocycles. The molecular formula is C17H26N2S2. The minimum atomic E-state index is 0.382. The number of thiocarbonyl (C=S) groups is 1. The van der Waals surface area contributed by atoms with E-state index in [0.717, 1.165) is 17.4 Å². The molecule has 1 saturated heterocycles. The summed E-state index contributed by atoms with van der Waals surface area (Å²) in [5.41, 5.74) is 2.95. The van der Waals surface area contributed by atoms with Gasteiger partial charge in [0.2, 0.25) is 0 Å². The van der Waals surface area contributed by atoms with Crippen molar-refractivity contribution in [3.8, 4) is 0 Å². The summed E-state index contributed by atoms with van der Waals surface area (Å²) in [5, 5.41) is 4.38. The SMILES string of the molecule is CCCCCCc1ccccc1C1SCCN1C(=S)NC. The second-order valence-corrected chi connectivity index (χ2v) is 7.06. The van der Waals surface area contributed by atoms with Gasteiger partial charge in [0.25, 0.3) is 0 Å². The molecule has 0 saturated carbocycles. The van der Waals surface area contributed by atoms with Gasteiger partial charge in [0, 0.05) is 19.3 Å². The molecule has 2 rings (SSSR count). The van der Waals surface area contributed by atoms with Crippen LogP contribution in [0, 0.1) is 0 Å². The van der Waals surface area contributed by atoms with Crippen LogP contribution < -0.4 is 5.32 Å². The van der Waals surface area contributed by atoms with Crippen molar-refractivity contribution in [2.75, 3.05) is 19.3 Å². The molecule has 1 fully saturated rings. The summed E-state index contributed by atoms with van der Waals surface area (Å²) >= 11 is 7.46. The molecule has 1 aromatic carbocycles. The summed E-state index contributed by atoms with van der Waals surface area (Å²) in [5.74, 6) is 1.15. The second-order valence-electron chi connectivity index (χ2n) is 5.48. The zero-order valence-corrected chi connectivity index (χ0v) is 14.7. The number of aryl methyl sites for hydroxylation is 1. The zero-order chi connectivity index (χ0) is 15.1. The highest BCUT2D eigenvalue weighted by molar-refractivity contribution is 7.99. The van der Waals surface area contributed by atoms with Crippen molar-refractivity contribution in [3.05, 3.63) is 35.4 Å². The van der Waals surface area contributed by atoms with Gasteiger partial charge in [0.05, 0.1) is 0 Å². The number of hydrogen-bond donors (Lipinski definition) is 1. The molecule has 1 aromatic rings. The fourth-order valence-corrected chi connectivity index (χ4v) is 4.41. The molecule has 0 amide bonds. The summed E-state index contributed by atoms with van der Waals surface area (Å²) in [6.45, 7) is 3.30. The molecule has 1 N–H and O–H groups in total. The predicted molar refractivity (Wildman–Crippen MR) is 97.9 cm³/mol. The van der Waals surface area contributed by atoms with E-state index in [1.165, 1.54) is 43.2 Å². The summed E-state index contributed by atoms with van der Waals surface area (Å²) in [6.07, 6.45) is 6.45. The van der Waals surface area contributed by atoms with Crippen LogP contribution in [-0.2, 0) is 6.42 Å². The van der Waals surface area contributed by atoms with E-state index in [1.807, 2.05) is 18.8 Å². The Labute approximate surface area is 138 Å². The van der Waals surface area contributed by atoms with Crippen molar-refractivity contribution in [2.45, 2.75) is 44.4 Å². The lowest BCUT2D eigenvalue weighted by molar-refractivity contribution is 0.443. The molecule has 1 unspecified atom stereocenters. The van der Waals surface area contributed by atoms with Gasteiger partial charge in [-0.3, -0.25) is 0 Å². The molecule has 0 radical (unpaired) electrons. The standard InChI is InChI=1S/C17H26N2S2/c1-3-4-5-6-9-14-10-7-8-11-15(14)16-19(12-13-21-16)17(20)18-2/h7-8,10-11,16H,3-6,9,12-13H2,1-2H3,(H,18,20). The van der Waals surface area contributed by atoms with Gasteiger partial charge in [-0.2, -0.15) is 0 Å². The van der Waals surface area contributed by atoms with Crippen LogP contribution >= 0.6 is 24.0 Å². The Morgan fingerprint density at radius 3 is 2.90 bits per heavy atom. The smallest absolute Gasteiger partial charge is 0.169 e. The van der Waals surface area contributed by atoms with E-state index in [9.17, 15) is 0 Å². The maximum absolute atomic E-state index is 5.46. The first kappa shape index (κ1) is 16.6. The van der Waals surface area contributed by atoms with Crippen molar-refractivity contribution in [3.63, 3.8) is 0 Å². The lowest BCUT2D eigenvalue weighted by Crippen LogP contribution is -2.37. The molecule has 1 atom stereocenters. The number of unbranched alkanes of at least 4 members (excludes halogenated alkanes) is 3. The van der Waals surface area contributed by atoms with E-state index in [0.29, 0.717) is 5.37 Å². The summed E-state index contributed by atoms with van der Waals surface area (Å²) in [6, 6.07) is 8.90. The zero-order valence-electron chi connectivity index (χ0n) is 13.1. The van der Waals surface area contributed by atoms with Gasteiger partial charge >= 0.3 is 0 Å². The molecule has 2 nitrogen and oxygen atoms in total. The van der Waals surface area contributed by atoms with Gasteiger partial charge in [-0.05, 0) is 36.2 Å². The highest BCUT2D eigenvalue weighted by Crippen LogP contribution is 2.39. The molecular weight excluding hydrogens is 296 g/mol. The van der Waals surface area contributed by atoms with Gasteiger partial charge in [-0.15, -0.1) is 11.8 Å².